The van der Waals surface area contributed by atoms with E-state index in [1.165, 1.54) is 6.92 Å². The summed E-state index contributed by atoms with van der Waals surface area (Å²) >= 11 is 0.432. The number of nitrogens with zero attached hydrogens (tertiary/aromatic N) is 1. The number of halogens is 7. The predicted molar refractivity (Wildman–Crippen MR) is 70.5 cm³/mol. The minimum Gasteiger partial charge on any atom is -0.273 e. The number of nitrogens with one attached hydrogen (secondary N) is 1. The number of alkyl halides is 6. The van der Waals surface area contributed by atoms with Gasteiger partial charge >= 0.3 is 12.4 Å². The number of hydrogen-bond donors (Lipinski definition) is 1. The maximum absolute atomic E-state index is 13.9. The van der Waals surface area contributed by atoms with Crippen LogP contribution in [0.25, 0.3) is 11.3 Å². The molecule has 0 fully saturated rings. The smallest absolute Gasteiger partial charge is 0.273 e. The molecule has 0 saturated carbocycles. The van der Waals surface area contributed by atoms with Gasteiger partial charge < -0.3 is 0 Å². The molecule has 0 spiro atoms. The summed E-state index contributed by atoms with van der Waals surface area (Å²) in [5.74, 6) is -2.05. The molecule has 0 amide bonds. The molecule has 0 saturated heterocycles. The number of thioether (sulfide) groups is 1. The fraction of sp³-hybridized carbons (Fsp3) is 0.308. The van der Waals surface area contributed by atoms with E-state index in [-0.39, 0.29) is 21.7 Å². The second-order valence-corrected chi connectivity index (χ2v) is 5.68. The highest BCUT2D eigenvalue weighted by atomic mass is 32.2. The molecule has 2 nitrogen and oxygen atoms in total. The lowest BCUT2D eigenvalue weighted by Crippen LogP contribution is -2.10. The van der Waals surface area contributed by atoms with Gasteiger partial charge in [-0.15, -0.1) is 11.8 Å². The van der Waals surface area contributed by atoms with Crippen LogP contribution >= 0.6 is 11.8 Å². The zero-order chi connectivity index (χ0) is 17.4. The summed E-state index contributed by atoms with van der Waals surface area (Å²) in [5.41, 5.74) is -1.54. The number of rotatable bonds is 3. The van der Waals surface area contributed by atoms with Crippen LogP contribution in [0.1, 0.15) is 11.3 Å². The van der Waals surface area contributed by atoms with E-state index in [9.17, 15) is 30.7 Å². The molecule has 0 atom stereocenters. The average Bonchev–Trinajstić information content (AvgIpc) is 2.85. The van der Waals surface area contributed by atoms with Crippen LogP contribution in [-0.2, 0) is 6.18 Å². The Morgan fingerprint density at radius 3 is 2.26 bits per heavy atom. The number of H-pyrrole nitrogens is 1. The maximum atomic E-state index is 13.9. The van der Waals surface area contributed by atoms with E-state index in [4.69, 9.17) is 0 Å². The van der Waals surface area contributed by atoms with E-state index in [1.54, 1.807) is 5.10 Å². The molecule has 0 aliphatic heterocycles. The lowest BCUT2D eigenvalue weighted by atomic mass is 10.1. The fourth-order valence-corrected chi connectivity index (χ4v) is 2.58. The number of benzene rings is 1. The molecule has 1 aromatic heterocycles. The van der Waals surface area contributed by atoms with Gasteiger partial charge in [0.15, 0.2) is 0 Å². The molecule has 0 aliphatic carbocycles. The summed E-state index contributed by atoms with van der Waals surface area (Å²) in [6.07, 6.45) is -9.10. The highest BCUT2D eigenvalue weighted by molar-refractivity contribution is 7.99. The van der Waals surface area contributed by atoms with Gasteiger partial charge in [-0.1, -0.05) is 0 Å². The molecular formula is C13H9F7N2S. The van der Waals surface area contributed by atoms with Gasteiger partial charge in [0.2, 0.25) is 0 Å². The van der Waals surface area contributed by atoms with Gasteiger partial charge in [-0.3, -0.25) is 5.10 Å². The topological polar surface area (TPSA) is 28.7 Å². The minimum absolute atomic E-state index is 0.121. The van der Waals surface area contributed by atoms with Gasteiger partial charge in [-0.2, -0.15) is 31.4 Å². The fourth-order valence-electron chi connectivity index (χ4n) is 1.77. The molecule has 2 rings (SSSR count). The standard InChI is InChI=1S/C13H9F7N2S/c1-6-2-8(14)7(3-10(6)23-5-12(15,16)17)9-4-11(22-21-9)13(18,19)20/h2-4H,5H2,1H3,(H,21,22). The number of hydrogen-bond acceptors (Lipinski definition) is 2. The first-order valence-corrected chi connectivity index (χ1v) is 7.08. The van der Waals surface area contributed by atoms with Gasteiger partial charge in [-0.25, -0.2) is 4.39 Å². The normalized spacial score (nSPS) is 12.7. The Kier molecular flexibility index (Phi) is 4.65. The van der Waals surface area contributed by atoms with Crippen molar-refractivity contribution in [3.8, 4) is 11.3 Å². The van der Waals surface area contributed by atoms with E-state index in [0.29, 0.717) is 17.8 Å². The monoisotopic (exact) mass is 358 g/mol. The molecule has 126 valence electrons. The van der Waals surface area contributed by atoms with Crippen molar-refractivity contribution in [2.45, 2.75) is 24.2 Å². The summed E-state index contributed by atoms with van der Waals surface area (Å²) < 4.78 is 88.3. The van der Waals surface area contributed by atoms with E-state index in [2.05, 4.69) is 5.10 Å². The van der Waals surface area contributed by atoms with Crippen LogP contribution in [0.15, 0.2) is 23.1 Å². The molecule has 0 radical (unpaired) electrons. The van der Waals surface area contributed by atoms with E-state index in [1.807, 2.05) is 0 Å². The summed E-state index contributed by atoms with van der Waals surface area (Å²) in [6.45, 7) is 1.41. The molecule has 10 heteroatoms. The maximum Gasteiger partial charge on any atom is 0.432 e. The molecule has 2 aromatic rings. The van der Waals surface area contributed by atoms with Crippen molar-refractivity contribution < 1.29 is 30.7 Å². The molecule has 0 aliphatic rings. The second-order valence-electron chi connectivity index (χ2n) is 4.67. The van der Waals surface area contributed by atoms with Crippen LogP contribution < -0.4 is 0 Å². The first-order valence-electron chi connectivity index (χ1n) is 6.10. The SMILES string of the molecule is Cc1cc(F)c(-c2cc(C(F)(F)F)[nH]n2)cc1SCC(F)(F)F. The van der Waals surface area contributed by atoms with Crippen molar-refractivity contribution in [2.75, 3.05) is 5.75 Å². The minimum atomic E-state index is -4.68. The lowest BCUT2D eigenvalue weighted by molar-refractivity contribution is -0.141. The van der Waals surface area contributed by atoms with Gasteiger partial charge in [-0.05, 0) is 30.7 Å². The Hall–Kier alpha value is -1.71. The van der Waals surface area contributed by atoms with Crippen LogP contribution in [0, 0.1) is 12.7 Å². The van der Waals surface area contributed by atoms with Crippen LogP contribution in [-0.4, -0.2) is 22.1 Å². The first kappa shape index (κ1) is 17.6. The summed E-state index contributed by atoms with van der Waals surface area (Å²) in [6, 6.07) is 2.64. The highest BCUT2D eigenvalue weighted by Gasteiger charge is 2.33. The van der Waals surface area contributed by atoms with Gasteiger partial charge in [0.25, 0.3) is 0 Å². The largest absolute Gasteiger partial charge is 0.432 e. The van der Waals surface area contributed by atoms with Gasteiger partial charge in [0.1, 0.15) is 11.5 Å². The van der Waals surface area contributed by atoms with Crippen molar-refractivity contribution in [3.05, 3.63) is 35.3 Å². The molecular weight excluding hydrogens is 349 g/mol. The molecule has 1 N–H and O–H groups in total. The van der Waals surface area contributed by atoms with Crippen LogP contribution in [0.5, 0.6) is 0 Å². The van der Waals surface area contributed by atoms with Crippen molar-refractivity contribution in [1.82, 2.24) is 10.2 Å². The zero-order valence-electron chi connectivity index (χ0n) is 11.4. The van der Waals surface area contributed by atoms with E-state index in [0.717, 1.165) is 12.1 Å². The van der Waals surface area contributed by atoms with E-state index < -0.39 is 29.6 Å². The van der Waals surface area contributed by atoms with Gasteiger partial charge in [0.05, 0.1) is 11.4 Å². The summed E-state index contributed by atoms with van der Waals surface area (Å²) in [4.78, 5) is 0.121. The van der Waals surface area contributed by atoms with Crippen molar-refractivity contribution >= 4 is 11.8 Å². The number of aromatic amines is 1. The Morgan fingerprint density at radius 2 is 1.74 bits per heavy atom. The molecule has 0 bridgehead atoms. The van der Waals surface area contributed by atoms with Crippen LogP contribution in [0.4, 0.5) is 30.7 Å². The quantitative estimate of drug-likeness (QED) is 0.604. The van der Waals surface area contributed by atoms with Crippen molar-refractivity contribution in [2.24, 2.45) is 0 Å². The van der Waals surface area contributed by atoms with Gasteiger partial charge in [0, 0.05) is 10.5 Å². The average molecular weight is 358 g/mol. The summed E-state index contributed by atoms with van der Waals surface area (Å²) in [5, 5.41) is 5.11. The first-order chi connectivity index (χ1) is 10.5. The highest BCUT2D eigenvalue weighted by Crippen LogP contribution is 2.35. The molecule has 1 heterocycles. The Labute approximate surface area is 130 Å². The van der Waals surface area contributed by atoms with Crippen molar-refractivity contribution in [3.63, 3.8) is 0 Å². The van der Waals surface area contributed by atoms with Crippen molar-refractivity contribution in [1.29, 1.82) is 0 Å². The lowest BCUT2D eigenvalue weighted by Gasteiger charge is -2.10. The van der Waals surface area contributed by atoms with Crippen LogP contribution in [0.2, 0.25) is 0 Å². The predicted octanol–water partition coefficient (Wildman–Crippen LogP) is 5.20. The third kappa shape index (κ3) is 4.40. The third-order valence-electron chi connectivity index (χ3n) is 2.82. The van der Waals surface area contributed by atoms with Crippen LogP contribution in [0.3, 0.4) is 0 Å². The Balaban J connectivity index is 2.37. The Morgan fingerprint density at radius 1 is 1.09 bits per heavy atom. The zero-order valence-corrected chi connectivity index (χ0v) is 12.3. The Bertz CT molecular complexity index is 703. The molecule has 0 unspecified atom stereocenters. The van der Waals surface area contributed by atoms with E-state index >= 15 is 0 Å². The number of aromatic nitrogens is 2. The summed E-state index contributed by atoms with van der Waals surface area (Å²) in [7, 11) is 0. The third-order valence-corrected chi connectivity index (χ3v) is 4.04. The molecule has 1 aromatic carbocycles. The number of aryl methyl sites for hydroxylation is 1. The molecule has 23 heavy (non-hydrogen) atoms. The second kappa shape index (κ2) is 6.06.